The largest absolute Gasteiger partial charge is 0.338 e. The number of thiazole rings is 1. The zero-order chi connectivity index (χ0) is 19.7. The fourth-order valence-corrected chi connectivity index (χ4v) is 4.15. The maximum atomic E-state index is 14.0. The number of nitrogens with zero attached hydrogens (tertiary/aromatic N) is 3. The third-order valence-electron chi connectivity index (χ3n) is 3.70. The van der Waals surface area contributed by atoms with E-state index in [-0.39, 0.29) is 31.8 Å². The predicted octanol–water partition coefficient (Wildman–Crippen LogP) is 2.34. The van der Waals surface area contributed by atoms with Gasteiger partial charge in [0.05, 0.1) is 41.7 Å². The number of amides is 1. The second kappa shape index (κ2) is 7.62. The number of likely N-dealkylation sites (N-methyl/N-ethyl adjacent to an activating group) is 1. The average molecular weight is 413 g/mol. The summed E-state index contributed by atoms with van der Waals surface area (Å²) in [7, 11) is 3.82. The lowest BCUT2D eigenvalue weighted by atomic mass is 10.3. The molecule has 0 radical (unpaired) electrons. The third-order valence-corrected chi connectivity index (χ3v) is 5.75. The smallest absolute Gasteiger partial charge is 0.324 e. The standard InChI is InChI=1S/C16H14F2N4O3S2/c1-20(2)5-6-21(15(23)11-3-4-13(26-11)22(24)25)16-19-14-10(18)7-9(17)8-12(14)27-16/h3-4,7-8H,5-6H2,1-2H3/p+1. The quantitative estimate of drug-likeness (QED) is 0.497. The first-order chi connectivity index (χ1) is 12.8. The van der Waals surface area contributed by atoms with Gasteiger partial charge in [-0.05, 0) is 12.1 Å². The maximum absolute atomic E-state index is 14.0. The highest BCUT2D eigenvalue weighted by molar-refractivity contribution is 7.22. The van der Waals surface area contributed by atoms with Crippen molar-refractivity contribution in [3.05, 3.63) is 50.9 Å². The maximum Gasteiger partial charge on any atom is 0.324 e. The molecule has 1 N–H and O–H groups in total. The van der Waals surface area contributed by atoms with E-state index >= 15 is 0 Å². The number of halogens is 2. The van der Waals surface area contributed by atoms with E-state index in [0.29, 0.717) is 6.54 Å². The average Bonchev–Trinajstić information content (AvgIpc) is 3.21. The van der Waals surface area contributed by atoms with Gasteiger partial charge in [-0.1, -0.05) is 22.7 Å². The number of carbonyl (C=O) groups is 1. The van der Waals surface area contributed by atoms with E-state index in [9.17, 15) is 23.7 Å². The number of carbonyl (C=O) groups excluding carboxylic acids is 1. The number of aromatic nitrogens is 1. The van der Waals surface area contributed by atoms with Crippen molar-refractivity contribution in [2.75, 3.05) is 32.1 Å². The lowest BCUT2D eigenvalue weighted by molar-refractivity contribution is -0.856. The molecule has 0 unspecified atom stereocenters. The minimum atomic E-state index is -0.801. The van der Waals surface area contributed by atoms with Crippen LogP contribution in [-0.4, -0.2) is 43.0 Å². The molecule has 142 valence electrons. The van der Waals surface area contributed by atoms with Crippen molar-refractivity contribution < 1.29 is 23.4 Å². The molecule has 0 aliphatic heterocycles. The van der Waals surface area contributed by atoms with E-state index in [2.05, 4.69) is 4.98 Å². The Bertz CT molecular complexity index is 1020. The second-order valence-electron chi connectivity index (χ2n) is 6.04. The highest BCUT2D eigenvalue weighted by Gasteiger charge is 2.26. The van der Waals surface area contributed by atoms with Crippen LogP contribution in [-0.2, 0) is 0 Å². The molecule has 0 aliphatic carbocycles. The van der Waals surface area contributed by atoms with Gasteiger partial charge in [-0.15, -0.1) is 0 Å². The summed E-state index contributed by atoms with van der Waals surface area (Å²) in [6.07, 6.45) is 0. The van der Waals surface area contributed by atoms with Crippen molar-refractivity contribution in [1.82, 2.24) is 4.98 Å². The highest BCUT2D eigenvalue weighted by Crippen LogP contribution is 2.33. The minimum Gasteiger partial charge on any atom is -0.338 e. The summed E-state index contributed by atoms with van der Waals surface area (Å²) in [5, 5.41) is 11.0. The van der Waals surface area contributed by atoms with Gasteiger partial charge in [0.15, 0.2) is 10.9 Å². The van der Waals surface area contributed by atoms with Gasteiger partial charge in [0.25, 0.3) is 5.91 Å². The summed E-state index contributed by atoms with van der Waals surface area (Å²) in [5.74, 6) is -1.99. The molecular formula is C16H15F2N4O3S2+. The molecule has 27 heavy (non-hydrogen) atoms. The molecule has 2 aromatic heterocycles. The molecule has 3 aromatic rings. The van der Waals surface area contributed by atoms with Crippen LogP contribution in [0.5, 0.6) is 0 Å². The van der Waals surface area contributed by atoms with Crippen molar-refractivity contribution in [2.45, 2.75) is 0 Å². The normalized spacial score (nSPS) is 11.3. The summed E-state index contributed by atoms with van der Waals surface area (Å²) < 4.78 is 27.7. The summed E-state index contributed by atoms with van der Waals surface area (Å²) in [6.45, 7) is 0.850. The van der Waals surface area contributed by atoms with Gasteiger partial charge in [0.1, 0.15) is 11.3 Å². The fourth-order valence-electron chi connectivity index (χ4n) is 2.35. The van der Waals surface area contributed by atoms with Crippen molar-refractivity contribution in [1.29, 1.82) is 0 Å². The van der Waals surface area contributed by atoms with Crippen LogP contribution < -0.4 is 9.80 Å². The molecule has 0 saturated heterocycles. The Hall–Kier alpha value is -2.50. The molecule has 1 aromatic carbocycles. The molecule has 1 amide bonds. The van der Waals surface area contributed by atoms with Crippen LogP contribution in [0.3, 0.4) is 0 Å². The van der Waals surface area contributed by atoms with E-state index in [1.165, 1.54) is 17.0 Å². The van der Waals surface area contributed by atoms with Crippen molar-refractivity contribution in [2.24, 2.45) is 0 Å². The number of anilines is 1. The van der Waals surface area contributed by atoms with Crippen LogP contribution in [0.25, 0.3) is 10.2 Å². The topological polar surface area (TPSA) is 80.8 Å². The first-order valence-electron chi connectivity index (χ1n) is 7.87. The predicted molar refractivity (Wildman–Crippen MR) is 99.9 cm³/mol. The summed E-state index contributed by atoms with van der Waals surface area (Å²) in [4.78, 5) is 30.0. The second-order valence-corrected chi connectivity index (χ2v) is 8.11. The highest BCUT2D eigenvalue weighted by atomic mass is 32.1. The number of thiophene rings is 1. The van der Waals surface area contributed by atoms with Crippen molar-refractivity contribution >= 4 is 48.9 Å². The summed E-state index contributed by atoms with van der Waals surface area (Å²) in [5.41, 5.74) is -0.0106. The molecular weight excluding hydrogens is 398 g/mol. The molecule has 0 spiro atoms. The summed E-state index contributed by atoms with van der Waals surface area (Å²) >= 11 is 1.76. The molecule has 0 aliphatic rings. The number of hydrogen-bond donors (Lipinski definition) is 1. The van der Waals surface area contributed by atoms with E-state index in [4.69, 9.17) is 0 Å². The van der Waals surface area contributed by atoms with Crippen LogP contribution in [0.4, 0.5) is 18.9 Å². The van der Waals surface area contributed by atoms with Crippen LogP contribution >= 0.6 is 22.7 Å². The molecule has 0 bridgehead atoms. The number of quaternary nitrogens is 1. The molecule has 7 nitrogen and oxygen atoms in total. The molecule has 0 saturated carbocycles. The molecule has 11 heteroatoms. The van der Waals surface area contributed by atoms with Crippen LogP contribution in [0.2, 0.25) is 0 Å². The monoisotopic (exact) mass is 413 g/mol. The minimum absolute atomic E-state index is 0.0106. The van der Waals surface area contributed by atoms with Gasteiger partial charge < -0.3 is 4.90 Å². The van der Waals surface area contributed by atoms with E-state index < -0.39 is 22.5 Å². The fraction of sp³-hybridized carbons (Fsp3) is 0.250. The SMILES string of the molecule is C[NH+](C)CCN(C(=O)c1ccc([N+](=O)[O-])s1)c1nc2c(F)cc(F)cc2s1. The molecule has 2 heterocycles. The Labute approximate surface area is 160 Å². The Kier molecular flexibility index (Phi) is 5.44. The van der Waals surface area contributed by atoms with E-state index in [0.717, 1.165) is 39.7 Å². The third kappa shape index (κ3) is 4.10. The van der Waals surface area contributed by atoms with Gasteiger partial charge in [0.2, 0.25) is 0 Å². The van der Waals surface area contributed by atoms with E-state index in [1.807, 2.05) is 14.1 Å². The zero-order valence-corrected chi connectivity index (χ0v) is 16.0. The van der Waals surface area contributed by atoms with Gasteiger partial charge in [-0.2, -0.15) is 0 Å². The Balaban J connectivity index is 2.01. The zero-order valence-electron chi connectivity index (χ0n) is 14.4. The number of benzene rings is 1. The molecule has 3 rings (SSSR count). The number of fused-ring (bicyclic) bond motifs is 1. The van der Waals surface area contributed by atoms with Crippen LogP contribution in [0.1, 0.15) is 9.67 Å². The first-order valence-corrected chi connectivity index (χ1v) is 9.50. The lowest BCUT2D eigenvalue weighted by Gasteiger charge is -2.19. The van der Waals surface area contributed by atoms with Gasteiger partial charge in [-0.25, -0.2) is 13.8 Å². The van der Waals surface area contributed by atoms with Crippen LogP contribution in [0.15, 0.2) is 24.3 Å². The molecule has 0 atom stereocenters. The van der Waals surface area contributed by atoms with Gasteiger partial charge >= 0.3 is 5.00 Å². The number of nitro groups is 1. The number of rotatable bonds is 6. The van der Waals surface area contributed by atoms with E-state index in [1.54, 1.807) is 0 Å². The Morgan fingerprint density at radius 2 is 2.04 bits per heavy atom. The number of nitrogens with one attached hydrogen (secondary N) is 1. The van der Waals surface area contributed by atoms with Crippen molar-refractivity contribution in [3.63, 3.8) is 0 Å². The molecule has 0 fully saturated rings. The summed E-state index contributed by atoms with van der Waals surface area (Å²) in [6, 6.07) is 4.55. The lowest BCUT2D eigenvalue weighted by Crippen LogP contribution is -3.06. The van der Waals surface area contributed by atoms with Crippen molar-refractivity contribution in [3.8, 4) is 0 Å². The van der Waals surface area contributed by atoms with Crippen LogP contribution in [0, 0.1) is 21.7 Å². The Morgan fingerprint density at radius 3 is 2.67 bits per heavy atom. The Morgan fingerprint density at radius 1 is 1.30 bits per heavy atom. The van der Waals surface area contributed by atoms with Gasteiger partial charge in [-0.3, -0.25) is 19.8 Å². The van der Waals surface area contributed by atoms with Gasteiger partial charge in [0, 0.05) is 12.1 Å². The first kappa shape index (κ1) is 19.3. The number of hydrogen-bond acceptors (Lipinski definition) is 6.